The summed E-state index contributed by atoms with van der Waals surface area (Å²) in [7, 11) is 0. The lowest BCUT2D eigenvalue weighted by Gasteiger charge is -2.32. The zero-order valence-corrected chi connectivity index (χ0v) is 9.67. The van der Waals surface area contributed by atoms with Crippen molar-refractivity contribution in [2.45, 2.75) is 38.6 Å². The first kappa shape index (κ1) is 12.5. The van der Waals surface area contributed by atoms with Crippen LogP contribution in [0.4, 0.5) is 0 Å². The molecule has 4 heteroatoms. The fourth-order valence-electron chi connectivity index (χ4n) is 1.97. The number of nitrogens with two attached hydrogens (primary N) is 1. The number of unbranched alkanes of at least 4 members (excludes halogenated alkanes) is 1. The second-order valence-electron chi connectivity index (χ2n) is 4.24. The standard InChI is InChI=1S/C11H23N3O/c1-2-3-6-14-7-4-10(5-8-14)13-11(15)9-12/h10H,2-9,12H2,1H3,(H,13,15). The van der Waals surface area contributed by atoms with Crippen molar-refractivity contribution >= 4 is 5.91 Å². The average Bonchev–Trinajstić information content (AvgIpc) is 2.28. The Bertz CT molecular complexity index is 188. The zero-order valence-electron chi connectivity index (χ0n) is 9.67. The number of piperidine rings is 1. The smallest absolute Gasteiger partial charge is 0.233 e. The first-order valence-corrected chi connectivity index (χ1v) is 5.98. The summed E-state index contributed by atoms with van der Waals surface area (Å²) in [5.41, 5.74) is 5.26. The summed E-state index contributed by atoms with van der Waals surface area (Å²) in [6.45, 7) is 5.74. The normalized spacial score (nSPS) is 19.1. The van der Waals surface area contributed by atoms with E-state index in [-0.39, 0.29) is 12.5 Å². The van der Waals surface area contributed by atoms with Crippen LogP contribution in [0.1, 0.15) is 32.6 Å². The molecule has 1 rings (SSSR count). The van der Waals surface area contributed by atoms with Crippen LogP contribution >= 0.6 is 0 Å². The van der Waals surface area contributed by atoms with Gasteiger partial charge in [0.2, 0.25) is 5.91 Å². The second kappa shape index (κ2) is 6.80. The lowest BCUT2D eigenvalue weighted by Crippen LogP contribution is -2.46. The third kappa shape index (κ3) is 4.62. The highest BCUT2D eigenvalue weighted by Gasteiger charge is 2.19. The van der Waals surface area contributed by atoms with Gasteiger partial charge >= 0.3 is 0 Å². The first-order valence-electron chi connectivity index (χ1n) is 5.98. The molecule has 88 valence electrons. The molecule has 1 aliphatic heterocycles. The van der Waals surface area contributed by atoms with Crippen molar-refractivity contribution in [1.29, 1.82) is 0 Å². The zero-order chi connectivity index (χ0) is 11.1. The third-order valence-electron chi connectivity index (χ3n) is 2.97. The molecule has 4 nitrogen and oxygen atoms in total. The molecular formula is C11H23N3O. The van der Waals surface area contributed by atoms with E-state index in [1.165, 1.54) is 19.4 Å². The predicted octanol–water partition coefficient (Wildman–Crippen LogP) is 0.326. The number of nitrogens with zero attached hydrogens (tertiary/aromatic N) is 1. The fourth-order valence-corrected chi connectivity index (χ4v) is 1.97. The molecule has 0 aromatic carbocycles. The minimum Gasteiger partial charge on any atom is -0.352 e. The van der Waals surface area contributed by atoms with Crippen LogP contribution in [-0.4, -0.2) is 43.0 Å². The van der Waals surface area contributed by atoms with Gasteiger partial charge in [0.05, 0.1) is 6.54 Å². The largest absolute Gasteiger partial charge is 0.352 e. The summed E-state index contributed by atoms with van der Waals surface area (Å²) < 4.78 is 0. The minimum absolute atomic E-state index is 0.0259. The van der Waals surface area contributed by atoms with Gasteiger partial charge in [0, 0.05) is 19.1 Å². The summed E-state index contributed by atoms with van der Waals surface area (Å²) >= 11 is 0. The lowest BCUT2D eigenvalue weighted by atomic mass is 10.0. The average molecular weight is 213 g/mol. The molecule has 0 aromatic heterocycles. The maximum absolute atomic E-state index is 11.1. The number of rotatable bonds is 5. The van der Waals surface area contributed by atoms with Crippen molar-refractivity contribution in [2.75, 3.05) is 26.2 Å². The molecule has 1 heterocycles. The Morgan fingerprint density at radius 2 is 2.13 bits per heavy atom. The van der Waals surface area contributed by atoms with E-state index in [1.54, 1.807) is 0 Å². The van der Waals surface area contributed by atoms with Gasteiger partial charge in [-0.25, -0.2) is 0 Å². The number of carbonyl (C=O) groups is 1. The van der Waals surface area contributed by atoms with Crippen LogP contribution in [0.5, 0.6) is 0 Å². The molecular weight excluding hydrogens is 190 g/mol. The number of hydrogen-bond donors (Lipinski definition) is 2. The molecule has 0 aliphatic carbocycles. The molecule has 0 spiro atoms. The van der Waals surface area contributed by atoms with Crippen LogP contribution in [0, 0.1) is 0 Å². The van der Waals surface area contributed by atoms with E-state index in [1.807, 2.05) is 0 Å². The molecule has 0 saturated carbocycles. The van der Waals surface area contributed by atoms with Crippen LogP contribution < -0.4 is 11.1 Å². The van der Waals surface area contributed by atoms with E-state index in [9.17, 15) is 4.79 Å². The quantitative estimate of drug-likeness (QED) is 0.692. The summed E-state index contributed by atoms with van der Waals surface area (Å²) in [5.74, 6) is -0.0259. The van der Waals surface area contributed by atoms with Gasteiger partial charge < -0.3 is 16.0 Å². The van der Waals surface area contributed by atoms with E-state index in [0.717, 1.165) is 25.9 Å². The summed E-state index contributed by atoms with van der Waals surface area (Å²) in [6.07, 6.45) is 4.66. The number of nitrogens with one attached hydrogen (secondary N) is 1. The Morgan fingerprint density at radius 3 is 2.67 bits per heavy atom. The van der Waals surface area contributed by atoms with E-state index >= 15 is 0 Å². The van der Waals surface area contributed by atoms with E-state index in [4.69, 9.17) is 5.73 Å². The molecule has 0 radical (unpaired) electrons. The Kier molecular flexibility index (Phi) is 5.65. The van der Waals surface area contributed by atoms with Gasteiger partial charge in [-0.3, -0.25) is 4.79 Å². The first-order chi connectivity index (χ1) is 7.26. The molecule has 0 unspecified atom stereocenters. The van der Waals surface area contributed by atoms with Gasteiger partial charge in [-0.1, -0.05) is 13.3 Å². The maximum Gasteiger partial charge on any atom is 0.233 e. The molecule has 3 N–H and O–H groups in total. The van der Waals surface area contributed by atoms with Crippen molar-refractivity contribution in [3.63, 3.8) is 0 Å². The summed E-state index contributed by atoms with van der Waals surface area (Å²) in [6, 6.07) is 0.346. The van der Waals surface area contributed by atoms with Gasteiger partial charge in [0.1, 0.15) is 0 Å². The molecule has 15 heavy (non-hydrogen) atoms. The topological polar surface area (TPSA) is 58.4 Å². The molecule has 0 atom stereocenters. The van der Waals surface area contributed by atoms with Crippen molar-refractivity contribution in [2.24, 2.45) is 5.73 Å². The number of likely N-dealkylation sites (tertiary alicyclic amines) is 1. The third-order valence-corrected chi connectivity index (χ3v) is 2.97. The molecule has 0 bridgehead atoms. The van der Waals surface area contributed by atoms with Gasteiger partial charge in [-0.2, -0.15) is 0 Å². The van der Waals surface area contributed by atoms with E-state index in [2.05, 4.69) is 17.1 Å². The van der Waals surface area contributed by atoms with Crippen molar-refractivity contribution in [3.05, 3.63) is 0 Å². The summed E-state index contributed by atoms with van der Waals surface area (Å²) in [5, 5.41) is 2.95. The number of carbonyl (C=O) groups excluding carboxylic acids is 1. The Morgan fingerprint density at radius 1 is 1.47 bits per heavy atom. The van der Waals surface area contributed by atoms with Gasteiger partial charge in [0.25, 0.3) is 0 Å². The minimum atomic E-state index is -0.0259. The van der Waals surface area contributed by atoms with E-state index in [0.29, 0.717) is 6.04 Å². The number of hydrogen-bond acceptors (Lipinski definition) is 3. The van der Waals surface area contributed by atoms with Crippen LogP contribution in [0.2, 0.25) is 0 Å². The van der Waals surface area contributed by atoms with Crippen LogP contribution in [0.3, 0.4) is 0 Å². The number of amides is 1. The van der Waals surface area contributed by atoms with E-state index < -0.39 is 0 Å². The lowest BCUT2D eigenvalue weighted by molar-refractivity contribution is -0.120. The molecule has 1 fully saturated rings. The van der Waals surface area contributed by atoms with Gasteiger partial charge in [0.15, 0.2) is 0 Å². The van der Waals surface area contributed by atoms with Crippen molar-refractivity contribution in [1.82, 2.24) is 10.2 Å². The maximum atomic E-state index is 11.1. The highest BCUT2D eigenvalue weighted by Crippen LogP contribution is 2.10. The van der Waals surface area contributed by atoms with Gasteiger partial charge in [-0.15, -0.1) is 0 Å². The highest BCUT2D eigenvalue weighted by atomic mass is 16.1. The van der Waals surface area contributed by atoms with Crippen LogP contribution in [0.25, 0.3) is 0 Å². The molecule has 1 aliphatic rings. The van der Waals surface area contributed by atoms with Crippen molar-refractivity contribution < 1.29 is 4.79 Å². The second-order valence-corrected chi connectivity index (χ2v) is 4.24. The Labute approximate surface area is 92.2 Å². The Balaban J connectivity index is 2.15. The van der Waals surface area contributed by atoms with Crippen molar-refractivity contribution in [3.8, 4) is 0 Å². The molecule has 1 saturated heterocycles. The van der Waals surface area contributed by atoms with Crippen LogP contribution in [-0.2, 0) is 4.79 Å². The molecule has 1 amide bonds. The predicted molar refractivity (Wildman–Crippen MR) is 61.6 cm³/mol. The summed E-state index contributed by atoms with van der Waals surface area (Å²) in [4.78, 5) is 13.6. The SMILES string of the molecule is CCCCN1CCC(NC(=O)CN)CC1. The Hall–Kier alpha value is -0.610. The van der Waals surface area contributed by atoms with Crippen LogP contribution in [0.15, 0.2) is 0 Å². The molecule has 0 aromatic rings. The van der Waals surface area contributed by atoms with Gasteiger partial charge in [-0.05, 0) is 25.8 Å². The fraction of sp³-hybridized carbons (Fsp3) is 0.909. The highest BCUT2D eigenvalue weighted by molar-refractivity contribution is 5.78. The monoisotopic (exact) mass is 213 g/mol.